The Morgan fingerprint density at radius 3 is 2.63 bits per heavy atom. The molecule has 0 N–H and O–H groups in total. The second-order valence-electron chi connectivity index (χ2n) is 3.18. The van der Waals surface area contributed by atoms with Gasteiger partial charge in [-0.15, -0.1) is 11.6 Å². The van der Waals surface area contributed by atoms with E-state index in [2.05, 4.69) is 9.37 Å². The normalized spacial score (nSPS) is 10.9. The fourth-order valence-corrected chi connectivity index (χ4v) is 2.75. The van der Waals surface area contributed by atoms with Gasteiger partial charge >= 0.3 is 39.7 Å². The zero-order valence-corrected chi connectivity index (χ0v) is 14.7. The maximum atomic E-state index is 11.4. The van der Waals surface area contributed by atoms with Gasteiger partial charge in [-0.3, -0.25) is 5.04 Å². The Kier molecular flexibility index (Phi) is 9.67. The number of hydrogen-bond acceptors (Lipinski definition) is 7. The Hall–Kier alpha value is 0.490. The van der Waals surface area contributed by atoms with Gasteiger partial charge < -0.3 is 9.44 Å². The van der Waals surface area contributed by atoms with E-state index in [0.717, 1.165) is 12.0 Å². The molecule has 0 atom stereocenters. The summed E-state index contributed by atoms with van der Waals surface area (Å²) in [5.74, 6) is -0.133. The van der Waals surface area contributed by atoms with Crippen LogP contribution in [0, 0.1) is 6.92 Å². The van der Waals surface area contributed by atoms with E-state index in [-0.39, 0.29) is 46.9 Å². The summed E-state index contributed by atoms with van der Waals surface area (Å²) in [6.45, 7) is 1.71. The van der Waals surface area contributed by atoms with Crippen LogP contribution in [0.5, 0.6) is 5.75 Å². The van der Waals surface area contributed by atoms with Gasteiger partial charge in [-0.25, -0.2) is 0 Å². The molecule has 19 heavy (non-hydrogen) atoms. The molecule has 1 aromatic carbocycles. The molecule has 0 spiro atoms. The van der Waals surface area contributed by atoms with Crippen LogP contribution in [0.4, 0.5) is 0 Å². The van der Waals surface area contributed by atoms with Crippen molar-refractivity contribution in [2.75, 3.05) is 11.6 Å². The Morgan fingerprint density at radius 1 is 1.42 bits per heavy atom. The summed E-state index contributed by atoms with van der Waals surface area (Å²) in [6, 6.07) is 4.49. The molecule has 0 radical (unpaired) electrons. The van der Waals surface area contributed by atoms with Crippen molar-refractivity contribution in [3.05, 3.63) is 23.8 Å². The summed E-state index contributed by atoms with van der Waals surface area (Å²) in [7, 11) is -3.68. The molecule has 0 amide bonds. The molecule has 0 aliphatic carbocycles. The third-order valence-corrected chi connectivity index (χ3v) is 4.17. The molecular formula is C9H10ClNaO6S2. The van der Waals surface area contributed by atoms with Crippen molar-refractivity contribution in [3.63, 3.8) is 0 Å². The van der Waals surface area contributed by atoms with E-state index in [1.807, 2.05) is 0 Å². The number of aryl methyl sites for hydroxylation is 1. The summed E-state index contributed by atoms with van der Waals surface area (Å²) < 4.78 is 31.7. The summed E-state index contributed by atoms with van der Waals surface area (Å²) in [4.78, 5) is 0.605. The molecule has 0 aliphatic rings. The quantitative estimate of drug-likeness (QED) is 0.145. The average Bonchev–Trinajstić information content (AvgIpc) is 2.27. The Morgan fingerprint density at radius 2 is 2.11 bits per heavy atom. The zero-order chi connectivity index (χ0) is 13.6. The minimum absolute atomic E-state index is 0. The monoisotopic (exact) mass is 336 g/mol. The van der Waals surface area contributed by atoms with E-state index in [4.69, 9.17) is 15.8 Å². The van der Waals surface area contributed by atoms with E-state index in [0.29, 0.717) is 10.5 Å². The molecule has 0 fully saturated rings. The Labute approximate surface area is 142 Å². The third-order valence-electron chi connectivity index (χ3n) is 1.85. The van der Waals surface area contributed by atoms with Gasteiger partial charge in [0.15, 0.2) is 0 Å². The van der Waals surface area contributed by atoms with Crippen LogP contribution in [-0.4, -0.2) is 20.1 Å². The third kappa shape index (κ3) is 7.16. The Balaban J connectivity index is 0.00000324. The van der Waals surface area contributed by atoms with Crippen LogP contribution in [0.3, 0.4) is 0 Å². The van der Waals surface area contributed by atoms with Gasteiger partial charge in [0.25, 0.3) is 0 Å². The van der Waals surface area contributed by atoms with Gasteiger partial charge in [-0.05, 0) is 30.7 Å². The maximum absolute atomic E-state index is 11.4. The van der Waals surface area contributed by atoms with Gasteiger partial charge in [0.1, 0.15) is 5.75 Å². The number of hydrogen-bond donors (Lipinski definition) is 0. The van der Waals surface area contributed by atoms with Crippen LogP contribution in [0.2, 0.25) is 0 Å². The fourth-order valence-electron chi connectivity index (χ4n) is 1.10. The smallest absolute Gasteiger partial charge is 0.691 e. The van der Waals surface area contributed by atoms with Crippen LogP contribution >= 0.6 is 23.6 Å². The molecule has 1 rings (SSSR count). The fraction of sp³-hybridized carbons (Fsp3) is 0.333. The SMILES string of the molecule is Cc1cc(OS(=O)(=O)CCCl)ccc1SOO[O-].[Na+]. The van der Waals surface area contributed by atoms with Gasteiger partial charge in [0.05, 0.1) is 17.8 Å². The first-order valence-corrected chi connectivity index (χ1v) is 7.56. The topological polar surface area (TPSA) is 84.9 Å². The number of benzene rings is 1. The van der Waals surface area contributed by atoms with Crippen molar-refractivity contribution in [2.45, 2.75) is 11.8 Å². The van der Waals surface area contributed by atoms with Gasteiger partial charge in [-0.1, -0.05) is 0 Å². The van der Waals surface area contributed by atoms with Crippen molar-refractivity contribution in [2.24, 2.45) is 0 Å². The molecule has 6 nitrogen and oxygen atoms in total. The standard InChI is InChI=1S/C9H11ClO6S2.Na/c1-7-6-8(14-18(12,13)5-4-10)2-3-9(7)17-16-15-11;/h2-3,6,11H,4-5H2,1H3;/q;+1/p-1. The second-order valence-corrected chi connectivity index (χ2v) is 5.99. The molecule has 0 unspecified atom stereocenters. The van der Waals surface area contributed by atoms with Gasteiger partial charge in [-0.2, -0.15) is 12.8 Å². The molecule has 1 aromatic rings. The minimum Gasteiger partial charge on any atom is -0.691 e. The molecule has 0 saturated heterocycles. The van der Waals surface area contributed by atoms with Crippen LogP contribution in [0.1, 0.15) is 5.56 Å². The van der Waals surface area contributed by atoms with E-state index >= 15 is 0 Å². The summed E-state index contributed by atoms with van der Waals surface area (Å²) in [5.41, 5.74) is 0.677. The molecule has 0 heterocycles. The number of halogens is 1. The van der Waals surface area contributed by atoms with Crippen molar-refractivity contribution in [1.82, 2.24) is 0 Å². The number of rotatable bonds is 7. The molecule has 0 saturated carbocycles. The predicted molar refractivity (Wildman–Crippen MR) is 64.3 cm³/mol. The van der Waals surface area contributed by atoms with Crippen molar-refractivity contribution < 1.29 is 56.8 Å². The van der Waals surface area contributed by atoms with E-state index in [1.54, 1.807) is 13.0 Å². The second kappa shape index (κ2) is 9.43. The predicted octanol–water partition coefficient (Wildman–Crippen LogP) is -1.82. The van der Waals surface area contributed by atoms with Crippen LogP contribution in [0.25, 0.3) is 0 Å². The first-order valence-electron chi connectivity index (χ1n) is 4.70. The van der Waals surface area contributed by atoms with Crippen molar-refractivity contribution in [1.29, 1.82) is 0 Å². The van der Waals surface area contributed by atoms with Crippen LogP contribution in [-0.2, 0) is 19.5 Å². The largest absolute Gasteiger partial charge is 1.00 e. The average molecular weight is 337 g/mol. The summed E-state index contributed by atoms with van der Waals surface area (Å²) in [5, 5.41) is 12.9. The molecule has 0 aromatic heterocycles. The summed E-state index contributed by atoms with van der Waals surface area (Å²) >= 11 is 6.07. The van der Waals surface area contributed by atoms with Gasteiger partial charge in [0, 0.05) is 10.8 Å². The first kappa shape index (κ1) is 19.5. The molecule has 0 aliphatic heterocycles. The zero-order valence-electron chi connectivity index (χ0n) is 10.3. The Bertz CT molecular complexity index is 495. The van der Waals surface area contributed by atoms with Gasteiger partial charge in [0.2, 0.25) is 0 Å². The van der Waals surface area contributed by atoms with Crippen LogP contribution < -0.4 is 39.0 Å². The van der Waals surface area contributed by atoms with Crippen molar-refractivity contribution >= 4 is 33.8 Å². The van der Waals surface area contributed by atoms with E-state index in [1.165, 1.54) is 12.1 Å². The van der Waals surface area contributed by atoms with Crippen molar-refractivity contribution in [3.8, 4) is 5.75 Å². The van der Waals surface area contributed by atoms with Crippen LogP contribution in [0.15, 0.2) is 23.1 Å². The first-order chi connectivity index (χ1) is 8.48. The minimum atomic E-state index is -3.68. The summed E-state index contributed by atoms with van der Waals surface area (Å²) in [6.07, 6.45) is 0. The van der Waals surface area contributed by atoms with E-state index < -0.39 is 10.1 Å². The van der Waals surface area contributed by atoms with E-state index in [9.17, 15) is 13.7 Å². The molecule has 102 valence electrons. The number of alkyl halides is 1. The molecular weight excluding hydrogens is 327 g/mol. The molecule has 10 heteroatoms. The maximum Gasteiger partial charge on any atom is 1.00 e. The molecule has 0 bridgehead atoms.